The Kier molecular flexibility index (Phi) is 6.81. The number of aromatic nitrogens is 2. The summed E-state index contributed by atoms with van der Waals surface area (Å²) in [5.41, 5.74) is 2.84. The summed E-state index contributed by atoms with van der Waals surface area (Å²) in [7, 11) is 1.64. The van der Waals surface area contributed by atoms with E-state index < -0.39 is 11.4 Å². The molecule has 3 rings (SSSR count). The van der Waals surface area contributed by atoms with Crippen molar-refractivity contribution in [3.05, 3.63) is 57.9 Å². The number of benzene rings is 1. The Hall–Kier alpha value is -2.60. The third kappa shape index (κ3) is 5.16. The molecule has 6 nitrogen and oxygen atoms in total. The first-order chi connectivity index (χ1) is 15.2. The second-order valence-corrected chi connectivity index (χ2v) is 11.1. The lowest BCUT2D eigenvalue weighted by Crippen LogP contribution is -2.43. The minimum atomic E-state index is -1.12. The number of aromatic carboxylic acids is 1. The van der Waals surface area contributed by atoms with Gasteiger partial charge < -0.3 is 5.11 Å². The van der Waals surface area contributed by atoms with Gasteiger partial charge in [-0.25, -0.2) is 4.79 Å². The number of carboxylic acids is 1. The van der Waals surface area contributed by atoms with Crippen molar-refractivity contribution in [2.24, 2.45) is 18.4 Å². The summed E-state index contributed by atoms with van der Waals surface area (Å²) in [6.07, 6.45) is 4.05. The van der Waals surface area contributed by atoms with Gasteiger partial charge in [-0.05, 0) is 46.9 Å². The molecule has 0 saturated heterocycles. The van der Waals surface area contributed by atoms with Crippen molar-refractivity contribution in [3.8, 4) is 0 Å². The highest BCUT2D eigenvalue weighted by atomic mass is 35.5. The Morgan fingerprint density at radius 3 is 2.45 bits per heavy atom. The number of amides is 1. The standard InChI is InChI=1S/C26H34ClN3O3/c1-16(2)19-15-30(22-13-21(24(32)33)28-29(22)7)23(31)14-26(19,6)18-9-8-17(20(27)12-18)10-11-25(3,4)5/h8-9,12-13,15-16H,10-11,14H2,1-7H3,(H,32,33)/t26-/m0/s1. The van der Waals surface area contributed by atoms with Crippen LogP contribution in [0.25, 0.3) is 0 Å². The Morgan fingerprint density at radius 1 is 1.27 bits per heavy atom. The molecule has 1 amide bonds. The molecule has 1 atom stereocenters. The maximum Gasteiger partial charge on any atom is 0.356 e. The van der Waals surface area contributed by atoms with Crippen LogP contribution in [0.5, 0.6) is 0 Å². The van der Waals surface area contributed by atoms with Gasteiger partial charge in [0.1, 0.15) is 5.82 Å². The smallest absolute Gasteiger partial charge is 0.356 e. The maximum absolute atomic E-state index is 13.3. The summed E-state index contributed by atoms with van der Waals surface area (Å²) in [4.78, 5) is 26.2. The molecule has 1 aromatic carbocycles. The predicted molar refractivity (Wildman–Crippen MR) is 132 cm³/mol. The van der Waals surface area contributed by atoms with E-state index in [-0.39, 0.29) is 29.4 Å². The Balaban J connectivity index is 2.01. The van der Waals surface area contributed by atoms with Gasteiger partial charge in [-0.3, -0.25) is 14.4 Å². The second kappa shape index (κ2) is 8.98. The first-order valence-corrected chi connectivity index (χ1v) is 11.7. The molecule has 178 valence electrons. The maximum atomic E-state index is 13.3. The van der Waals surface area contributed by atoms with E-state index in [1.54, 1.807) is 7.05 Å². The molecule has 0 unspecified atom stereocenters. The number of hydrogen-bond donors (Lipinski definition) is 1. The number of aryl methyl sites for hydroxylation is 2. The van der Waals surface area contributed by atoms with Crippen molar-refractivity contribution < 1.29 is 14.7 Å². The van der Waals surface area contributed by atoms with Gasteiger partial charge in [-0.15, -0.1) is 0 Å². The lowest BCUT2D eigenvalue weighted by atomic mass is 9.68. The fourth-order valence-corrected chi connectivity index (χ4v) is 4.76. The van der Waals surface area contributed by atoms with Gasteiger partial charge in [0.05, 0.1) is 0 Å². The summed E-state index contributed by atoms with van der Waals surface area (Å²) in [5.74, 6) is -0.638. The molecular formula is C26H34ClN3O3. The molecule has 1 N–H and O–H groups in total. The van der Waals surface area contributed by atoms with Gasteiger partial charge in [0, 0.05) is 36.2 Å². The van der Waals surface area contributed by atoms with Crippen LogP contribution < -0.4 is 4.90 Å². The summed E-state index contributed by atoms with van der Waals surface area (Å²) in [6, 6.07) is 7.61. The first-order valence-electron chi connectivity index (χ1n) is 11.3. The Labute approximate surface area is 201 Å². The summed E-state index contributed by atoms with van der Waals surface area (Å²) in [6.45, 7) is 12.9. The summed E-state index contributed by atoms with van der Waals surface area (Å²) in [5, 5.41) is 14.0. The zero-order valence-corrected chi connectivity index (χ0v) is 21.3. The van der Waals surface area contributed by atoms with E-state index in [1.165, 1.54) is 15.6 Å². The van der Waals surface area contributed by atoms with Crippen LogP contribution in [-0.2, 0) is 23.7 Å². The quantitative estimate of drug-likeness (QED) is 0.561. The van der Waals surface area contributed by atoms with Gasteiger partial charge in [0.2, 0.25) is 5.91 Å². The lowest BCUT2D eigenvalue weighted by molar-refractivity contribution is -0.119. The van der Waals surface area contributed by atoms with Gasteiger partial charge in [-0.2, -0.15) is 5.10 Å². The van der Waals surface area contributed by atoms with Crippen molar-refractivity contribution >= 4 is 29.3 Å². The van der Waals surface area contributed by atoms with Crippen LogP contribution >= 0.6 is 11.6 Å². The molecule has 0 spiro atoms. The second-order valence-electron chi connectivity index (χ2n) is 10.7. The van der Waals surface area contributed by atoms with Crippen molar-refractivity contribution in [1.29, 1.82) is 0 Å². The highest BCUT2D eigenvalue weighted by molar-refractivity contribution is 6.31. The number of carbonyl (C=O) groups is 2. The van der Waals surface area contributed by atoms with E-state index in [0.717, 1.165) is 34.6 Å². The van der Waals surface area contributed by atoms with E-state index >= 15 is 0 Å². The molecular weight excluding hydrogens is 438 g/mol. The average molecular weight is 472 g/mol. The predicted octanol–water partition coefficient (Wildman–Crippen LogP) is 5.98. The van der Waals surface area contributed by atoms with Crippen LogP contribution in [0.2, 0.25) is 5.02 Å². The van der Waals surface area contributed by atoms with Gasteiger partial charge in [-0.1, -0.05) is 65.3 Å². The topological polar surface area (TPSA) is 75.4 Å². The first kappa shape index (κ1) is 25.0. The molecule has 2 aromatic rings. The van der Waals surface area contributed by atoms with E-state index in [1.807, 2.05) is 12.3 Å². The van der Waals surface area contributed by atoms with Crippen molar-refractivity contribution in [1.82, 2.24) is 9.78 Å². The Bertz CT molecular complexity index is 1110. The monoisotopic (exact) mass is 471 g/mol. The number of rotatable bonds is 6. The minimum Gasteiger partial charge on any atom is -0.476 e. The van der Waals surface area contributed by atoms with Crippen molar-refractivity contribution in [2.45, 2.75) is 66.2 Å². The van der Waals surface area contributed by atoms with Crippen LogP contribution in [0.15, 0.2) is 36.0 Å². The number of hydrogen-bond acceptors (Lipinski definition) is 3. The zero-order valence-electron chi connectivity index (χ0n) is 20.6. The number of allylic oxidation sites excluding steroid dienone is 1. The third-order valence-electron chi connectivity index (χ3n) is 6.46. The van der Waals surface area contributed by atoms with Gasteiger partial charge in [0.15, 0.2) is 5.69 Å². The molecule has 1 aliphatic rings. The van der Waals surface area contributed by atoms with Gasteiger partial charge in [0.25, 0.3) is 0 Å². The largest absolute Gasteiger partial charge is 0.476 e. The third-order valence-corrected chi connectivity index (χ3v) is 6.81. The Morgan fingerprint density at radius 2 is 1.94 bits per heavy atom. The summed E-state index contributed by atoms with van der Waals surface area (Å²) < 4.78 is 1.43. The molecule has 0 bridgehead atoms. The van der Waals surface area contributed by atoms with Crippen LogP contribution in [0.1, 0.15) is 76.0 Å². The number of anilines is 1. The molecule has 7 heteroatoms. The molecule has 1 aliphatic heterocycles. The lowest BCUT2D eigenvalue weighted by Gasteiger charge is -2.41. The molecule has 33 heavy (non-hydrogen) atoms. The zero-order chi connectivity index (χ0) is 24.7. The number of carboxylic acid groups (broad SMARTS) is 1. The number of carbonyl (C=O) groups excluding carboxylic acids is 1. The van der Waals surface area contributed by atoms with E-state index in [0.29, 0.717) is 5.82 Å². The van der Waals surface area contributed by atoms with E-state index in [2.05, 4.69) is 58.8 Å². The number of halogens is 1. The fourth-order valence-electron chi connectivity index (χ4n) is 4.48. The molecule has 1 aromatic heterocycles. The molecule has 0 aliphatic carbocycles. The normalized spacial score (nSPS) is 19.2. The molecule has 0 saturated carbocycles. The average Bonchev–Trinajstić information content (AvgIpc) is 3.08. The minimum absolute atomic E-state index is 0.0919. The number of nitrogens with zero attached hydrogens (tertiary/aromatic N) is 3. The fraction of sp³-hybridized carbons (Fsp3) is 0.500. The highest BCUT2D eigenvalue weighted by Gasteiger charge is 2.41. The highest BCUT2D eigenvalue weighted by Crippen LogP contribution is 2.44. The van der Waals surface area contributed by atoms with Crippen molar-refractivity contribution in [3.63, 3.8) is 0 Å². The van der Waals surface area contributed by atoms with Crippen LogP contribution in [0.4, 0.5) is 5.82 Å². The van der Waals surface area contributed by atoms with Crippen LogP contribution in [0.3, 0.4) is 0 Å². The van der Waals surface area contributed by atoms with Gasteiger partial charge >= 0.3 is 5.97 Å². The van der Waals surface area contributed by atoms with E-state index in [9.17, 15) is 14.7 Å². The van der Waals surface area contributed by atoms with Crippen molar-refractivity contribution in [2.75, 3.05) is 4.90 Å². The summed E-state index contributed by atoms with van der Waals surface area (Å²) >= 11 is 6.70. The SMILES string of the molecule is CC(C)C1=CN(c2cc(C(=O)O)nn2C)C(=O)C[C@@]1(C)c1ccc(CCC(C)(C)C)c(Cl)c1. The van der Waals surface area contributed by atoms with Crippen LogP contribution in [0, 0.1) is 11.3 Å². The molecule has 2 heterocycles. The molecule has 0 fully saturated rings. The van der Waals surface area contributed by atoms with Crippen LogP contribution in [-0.4, -0.2) is 26.8 Å². The molecule has 0 radical (unpaired) electrons. The van der Waals surface area contributed by atoms with E-state index in [4.69, 9.17) is 11.6 Å².